The van der Waals surface area contributed by atoms with Crippen LogP contribution in [0.15, 0.2) is 12.1 Å². The van der Waals surface area contributed by atoms with Gasteiger partial charge in [-0.3, -0.25) is 9.69 Å². The maximum atomic E-state index is 12.6. The van der Waals surface area contributed by atoms with Crippen LogP contribution in [-0.2, 0) is 4.79 Å². The Morgan fingerprint density at radius 1 is 1.18 bits per heavy atom. The van der Waals surface area contributed by atoms with Crippen molar-refractivity contribution in [1.82, 2.24) is 20.0 Å². The Balaban J connectivity index is 1.49. The fourth-order valence-corrected chi connectivity index (χ4v) is 3.36. The van der Waals surface area contributed by atoms with Gasteiger partial charge in [-0.15, -0.1) is 5.10 Å². The molecule has 0 bridgehead atoms. The predicted molar refractivity (Wildman–Crippen MR) is 85.6 cm³/mol. The molecule has 6 heteroatoms. The van der Waals surface area contributed by atoms with E-state index in [2.05, 4.69) is 27.5 Å². The average molecular weight is 303 g/mol. The minimum Gasteiger partial charge on any atom is -0.366 e. The second-order valence-corrected chi connectivity index (χ2v) is 6.44. The quantitative estimate of drug-likeness (QED) is 0.911. The van der Waals surface area contributed by atoms with E-state index >= 15 is 0 Å². The zero-order valence-electron chi connectivity index (χ0n) is 13.5. The van der Waals surface area contributed by atoms with E-state index in [1.807, 2.05) is 24.0 Å². The molecule has 2 aliphatic rings. The number of likely N-dealkylation sites (tertiary alicyclic amines) is 2. The molecule has 1 aromatic heterocycles. The summed E-state index contributed by atoms with van der Waals surface area (Å²) in [5, 5.41) is 11.6. The van der Waals surface area contributed by atoms with Gasteiger partial charge in [-0.2, -0.15) is 5.10 Å². The summed E-state index contributed by atoms with van der Waals surface area (Å²) < 4.78 is 0. The van der Waals surface area contributed by atoms with Crippen molar-refractivity contribution in [3.63, 3.8) is 0 Å². The molecule has 0 radical (unpaired) electrons. The highest BCUT2D eigenvalue weighted by atomic mass is 16.2. The van der Waals surface area contributed by atoms with Gasteiger partial charge < -0.3 is 10.2 Å². The van der Waals surface area contributed by atoms with Gasteiger partial charge in [-0.05, 0) is 58.3 Å². The van der Waals surface area contributed by atoms with Crippen LogP contribution in [0.2, 0.25) is 0 Å². The molecular weight excluding hydrogens is 278 g/mol. The number of aromatic nitrogens is 2. The van der Waals surface area contributed by atoms with E-state index in [0.29, 0.717) is 11.9 Å². The number of amides is 1. The molecule has 1 atom stereocenters. The highest BCUT2D eigenvalue weighted by molar-refractivity contribution is 5.82. The third kappa shape index (κ3) is 3.38. The summed E-state index contributed by atoms with van der Waals surface area (Å²) >= 11 is 0. The number of carbonyl (C=O) groups is 1. The number of nitrogens with zero attached hydrogens (tertiary/aromatic N) is 4. The summed E-state index contributed by atoms with van der Waals surface area (Å²) in [6, 6.07) is 4.41. The van der Waals surface area contributed by atoms with Crippen molar-refractivity contribution in [2.45, 2.75) is 44.7 Å². The standard InChI is InChI=1S/C16H25N5O/c1-12-5-6-15(19-18-12)17-13-7-10-21(11-8-13)16(22)14-4-3-9-20(14)2/h5-6,13-14H,3-4,7-11H2,1-2H3,(H,17,19). The third-order valence-corrected chi connectivity index (χ3v) is 4.76. The lowest BCUT2D eigenvalue weighted by Gasteiger charge is -2.35. The number of rotatable bonds is 3. The molecular formula is C16H25N5O. The monoisotopic (exact) mass is 303 g/mol. The molecule has 2 saturated heterocycles. The molecule has 1 unspecified atom stereocenters. The van der Waals surface area contributed by atoms with E-state index in [1.165, 1.54) is 0 Å². The second kappa shape index (κ2) is 6.60. The second-order valence-electron chi connectivity index (χ2n) is 6.44. The minimum atomic E-state index is 0.104. The zero-order valence-corrected chi connectivity index (χ0v) is 13.5. The zero-order chi connectivity index (χ0) is 15.5. The fraction of sp³-hybridized carbons (Fsp3) is 0.688. The number of aryl methyl sites for hydroxylation is 1. The SMILES string of the molecule is Cc1ccc(NC2CCN(C(=O)C3CCCN3C)CC2)nn1. The number of piperidine rings is 1. The number of hydrogen-bond donors (Lipinski definition) is 1. The van der Waals surface area contributed by atoms with Gasteiger partial charge in [0.15, 0.2) is 0 Å². The lowest BCUT2D eigenvalue weighted by molar-refractivity contribution is -0.136. The van der Waals surface area contributed by atoms with Gasteiger partial charge in [-0.25, -0.2) is 0 Å². The van der Waals surface area contributed by atoms with Crippen LogP contribution >= 0.6 is 0 Å². The van der Waals surface area contributed by atoms with Crippen molar-refractivity contribution in [3.8, 4) is 0 Å². The summed E-state index contributed by atoms with van der Waals surface area (Å²) in [5.41, 5.74) is 0.923. The number of likely N-dealkylation sites (N-methyl/N-ethyl adjacent to an activating group) is 1. The van der Waals surface area contributed by atoms with E-state index in [0.717, 1.165) is 56.8 Å². The Hall–Kier alpha value is -1.69. The van der Waals surface area contributed by atoms with Gasteiger partial charge in [0.2, 0.25) is 5.91 Å². The lowest BCUT2D eigenvalue weighted by atomic mass is 10.0. The molecule has 2 fully saturated rings. The van der Waals surface area contributed by atoms with Gasteiger partial charge in [0, 0.05) is 19.1 Å². The van der Waals surface area contributed by atoms with E-state index in [4.69, 9.17) is 0 Å². The Morgan fingerprint density at radius 3 is 2.55 bits per heavy atom. The van der Waals surface area contributed by atoms with Gasteiger partial charge in [0.1, 0.15) is 5.82 Å². The molecule has 3 rings (SSSR count). The van der Waals surface area contributed by atoms with Crippen LogP contribution < -0.4 is 5.32 Å². The number of carbonyl (C=O) groups excluding carboxylic acids is 1. The maximum absolute atomic E-state index is 12.6. The van der Waals surface area contributed by atoms with Gasteiger partial charge in [0.05, 0.1) is 11.7 Å². The van der Waals surface area contributed by atoms with E-state index in [-0.39, 0.29) is 6.04 Å². The molecule has 0 spiro atoms. The smallest absolute Gasteiger partial charge is 0.239 e. The van der Waals surface area contributed by atoms with Gasteiger partial charge >= 0.3 is 0 Å². The van der Waals surface area contributed by atoms with Crippen molar-refractivity contribution >= 4 is 11.7 Å². The topological polar surface area (TPSA) is 61.4 Å². The summed E-state index contributed by atoms with van der Waals surface area (Å²) in [6.07, 6.45) is 4.08. The Bertz CT molecular complexity index is 510. The van der Waals surface area contributed by atoms with Crippen molar-refractivity contribution in [2.75, 3.05) is 32.0 Å². The van der Waals surface area contributed by atoms with Crippen LogP contribution in [0.5, 0.6) is 0 Å². The summed E-state index contributed by atoms with van der Waals surface area (Å²) in [5.74, 6) is 1.14. The highest BCUT2D eigenvalue weighted by Crippen LogP contribution is 2.21. The first-order valence-corrected chi connectivity index (χ1v) is 8.19. The summed E-state index contributed by atoms with van der Waals surface area (Å²) in [4.78, 5) is 16.8. The molecule has 1 aromatic rings. The first-order chi connectivity index (χ1) is 10.6. The number of hydrogen-bond acceptors (Lipinski definition) is 5. The van der Waals surface area contributed by atoms with Crippen molar-refractivity contribution in [3.05, 3.63) is 17.8 Å². The van der Waals surface area contributed by atoms with Crippen LogP contribution in [0.4, 0.5) is 5.82 Å². The van der Waals surface area contributed by atoms with Crippen molar-refractivity contribution in [2.24, 2.45) is 0 Å². The van der Waals surface area contributed by atoms with E-state index in [9.17, 15) is 4.79 Å². The van der Waals surface area contributed by atoms with Crippen LogP contribution in [-0.4, -0.2) is 64.7 Å². The third-order valence-electron chi connectivity index (χ3n) is 4.76. The fourth-order valence-electron chi connectivity index (χ4n) is 3.36. The van der Waals surface area contributed by atoms with Gasteiger partial charge in [0.25, 0.3) is 0 Å². The highest BCUT2D eigenvalue weighted by Gasteiger charge is 2.33. The molecule has 22 heavy (non-hydrogen) atoms. The van der Waals surface area contributed by atoms with Crippen LogP contribution in [0.3, 0.4) is 0 Å². The Labute approximate surface area is 131 Å². The van der Waals surface area contributed by atoms with Crippen molar-refractivity contribution in [1.29, 1.82) is 0 Å². The molecule has 0 aliphatic carbocycles. The molecule has 120 valence electrons. The van der Waals surface area contributed by atoms with E-state index < -0.39 is 0 Å². The van der Waals surface area contributed by atoms with Crippen LogP contribution in [0, 0.1) is 6.92 Å². The molecule has 6 nitrogen and oxygen atoms in total. The normalized spacial score (nSPS) is 23.7. The van der Waals surface area contributed by atoms with E-state index in [1.54, 1.807) is 0 Å². The Kier molecular flexibility index (Phi) is 4.57. The molecule has 0 saturated carbocycles. The van der Waals surface area contributed by atoms with Crippen LogP contribution in [0.25, 0.3) is 0 Å². The maximum Gasteiger partial charge on any atom is 0.239 e. The molecule has 1 amide bonds. The molecule has 2 aliphatic heterocycles. The van der Waals surface area contributed by atoms with Gasteiger partial charge in [-0.1, -0.05) is 0 Å². The average Bonchev–Trinajstić information content (AvgIpc) is 2.96. The lowest BCUT2D eigenvalue weighted by Crippen LogP contribution is -2.49. The molecule has 0 aromatic carbocycles. The largest absolute Gasteiger partial charge is 0.366 e. The summed E-state index contributed by atoms with van der Waals surface area (Å²) in [6.45, 7) is 4.64. The first-order valence-electron chi connectivity index (χ1n) is 8.19. The summed E-state index contributed by atoms with van der Waals surface area (Å²) in [7, 11) is 2.06. The predicted octanol–water partition coefficient (Wildman–Crippen LogP) is 1.28. The number of anilines is 1. The van der Waals surface area contributed by atoms with Crippen LogP contribution in [0.1, 0.15) is 31.4 Å². The minimum absolute atomic E-state index is 0.104. The Morgan fingerprint density at radius 2 is 1.95 bits per heavy atom. The molecule has 1 N–H and O–H groups in total. The molecule has 3 heterocycles. The first kappa shape index (κ1) is 15.2. The number of nitrogens with one attached hydrogen (secondary N) is 1. The van der Waals surface area contributed by atoms with Crippen molar-refractivity contribution < 1.29 is 4.79 Å².